The lowest BCUT2D eigenvalue weighted by molar-refractivity contribution is -0.137. The van der Waals surface area contributed by atoms with Gasteiger partial charge in [0.25, 0.3) is 0 Å². The van der Waals surface area contributed by atoms with Crippen LogP contribution in [-0.4, -0.2) is 85.3 Å². The van der Waals surface area contributed by atoms with Crippen LogP contribution in [0.2, 0.25) is 0 Å². The molecule has 0 radical (unpaired) electrons. The van der Waals surface area contributed by atoms with Crippen LogP contribution < -0.4 is 5.32 Å². The van der Waals surface area contributed by atoms with Gasteiger partial charge in [-0.1, -0.05) is 100 Å². The van der Waals surface area contributed by atoms with Crippen LogP contribution in [0.5, 0.6) is 5.75 Å². The molecular weight excluding hydrogens is 646 g/mol. The molecule has 0 saturated carbocycles. The quantitative estimate of drug-likeness (QED) is 0.0360. The van der Waals surface area contributed by atoms with Gasteiger partial charge in [-0.3, -0.25) is 4.79 Å². The summed E-state index contributed by atoms with van der Waals surface area (Å²) in [6.45, 7) is 3.65. The number of aromatic hydroxyl groups is 1. The molecule has 0 aliphatic carbocycles. The molecule has 0 fully saturated rings. The zero-order valence-electron chi connectivity index (χ0n) is 30.9. The molecule has 0 spiro atoms. The second kappa shape index (κ2) is 25.0. The summed E-state index contributed by atoms with van der Waals surface area (Å²) < 4.78 is 0. The van der Waals surface area contributed by atoms with Crippen molar-refractivity contribution in [1.82, 2.24) is 5.32 Å². The largest absolute Gasteiger partial charge is 0.508 e. The molecule has 0 amide bonds. The van der Waals surface area contributed by atoms with Gasteiger partial charge in [0.15, 0.2) is 0 Å². The fourth-order valence-corrected chi connectivity index (χ4v) is 6.69. The van der Waals surface area contributed by atoms with Gasteiger partial charge in [-0.25, -0.2) is 0 Å². The van der Waals surface area contributed by atoms with Crippen LogP contribution in [0.4, 0.5) is 0 Å². The molecule has 5 atom stereocenters. The van der Waals surface area contributed by atoms with Crippen LogP contribution in [0.3, 0.4) is 0 Å². The van der Waals surface area contributed by atoms with E-state index >= 15 is 0 Å². The van der Waals surface area contributed by atoms with Crippen molar-refractivity contribution in [3.8, 4) is 5.75 Å². The summed E-state index contributed by atoms with van der Waals surface area (Å²) in [4.78, 5) is 11.1. The van der Waals surface area contributed by atoms with Crippen molar-refractivity contribution in [2.45, 2.75) is 140 Å². The number of benzene rings is 2. The number of aliphatic carboxylic acids is 1. The predicted molar refractivity (Wildman–Crippen MR) is 204 cm³/mol. The molecule has 9 nitrogen and oxygen atoms in total. The van der Waals surface area contributed by atoms with E-state index in [0.717, 1.165) is 67.2 Å². The van der Waals surface area contributed by atoms with Gasteiger partial charge in [0.1, 0.15) is 5.75 Å². The van der Waals surface area contributed by atoms with Crippen LogP contribution >= 0.6 is 0 Å². The highest BCUT2D eigenvalue weighted by Crippen LogP contribution is 2.34. The molecule has 0 bridgehead atoms. The van der Waals surface area contributed by atoms with Crippen molar-refractivity contribution in [3.63, 3.8) is 0 Å². The van der Waals surface area contributed by atoms with E-state index in [1.165, 1.54) is 0 Å². The maximum Gasteiger partial charge on any atom is 0.303 e. The number of carbonyl (C=O) groups is 1. The van der Waals surface area contributed by atoms with Crippen molar-refractivity contribution < 1.29 is 40.5 Å². The number of unbranched alkanes of at least 4 members (excludes halogenated alkanes) is 5. The predicted octanol–water partition coefficient (Wildman–Crippen LogP) is 6.55. The third-order valence-corrected chi connectivity index (χ3v) is 9.69. The van der Waals surface area contributed by atoms with Crippen LogP contribution in [0, 0.1) is 0 Å². The first-order valence-corrected chi connectivity index (χ1v) is 19.0. The fraction of sp³-hybridized carbons (Fsp3) is 0.595. The molecule has 0 aromatic heterocycles. The zero-order valence-corrected chi connectivity index (χ0v) is 30.9. The molecule has 9 heteroatoms. The van der Waals surface area contributed by atoms with Crippen LogP contribution in [0.15, 0.2) is 77.9 Å². The second-order valence-electron chi connectivity index (χ2n) is 14.1. The van der Waals surface area contributed by atoms with Crippen molar-refractivity contribution in [1.29, 1.82) is 0 Å². The van der Waals surface area contributed by atoms with E-state index in [0.29, 0.717) is 38.5 Å². The van der Waals surface area contributed by atoms with Gasteiger partial charge in [0.2, 0.25) is 0 Å². The lowest BCUT2D eigenvalue weighted by Gasteiger charge is -2.36. The van der Waals surface area contributed by atoms with Crippen LogP contribution in [-0.2, 0) is 11.2 Å². The molecule has 2 aromatic carbocycles. The molecule has 8 N–H and O–H groups in total. The monoisotopic (exact) mass is 711 g/mol. The lowest BCUT2D eigenvalue weighted by Crippen LogP contribution is -2.47. The number of rotatable bonds is 28. The van der Waals surface area contributed by atoms with Crippen molar-refractivity contribution in [2.75, 3.05) is 19.8 Å². The van der Waals surface area contributed by atoms with E-state index in [1.807, 2.05) is 30.4 Å². The average molecular weight is 712 g/mol. The zero-order chi connectivity index (χ0) is 37.5. The summed E-state index contributed by atoms with van der Waals surface area (Å²) in [5.74, 6) is -1.03. The van der Waals surface area contributed by atoms with Gasteiger partial charge in [0, 0.05) is 31.5 Å². The minimum atomic E-state index is -1.26. The third kappa shape index (κ3) is 17.8. The number of hydrogen-bond donors (Lipinski definition) is 8. The second-order valence-corrected chi connectivity index (χ2v) is 14.1. The number of aliphatic hydroxyl groups excluding tert-OH is 4. The Bertz CT molecular complexity index is 1280. The first-order chi connectivity index (χ1) is 24.5. The Morgan fingerprint density at radius 3 is 2.20 bits per heavy atom. The Hall–Kier alpha value is -3.05. The Morgan fingerprint density at radius 1 is 0.863 bits per heavy atom. The van der Waals surface area contributed by atoms with Crippen molar-refractivity contribution in [3.05, 3.63) is 89.0 Å². The number of nitrogens with one attached hydrogen (secondary N) is 1. The first-order valence-electron chi connectivity index (χ1n) is 19.0. The Balaban J connectivity index is 2.55. The molecule has 0 aliphatic rings. The van der Waals surface area contributed by atoms with E-state index in [1.54, 1.807) is 31.2 Å². The van der Waals surface area contributed by atoms with Gasteiger partial charge < -0.3 is 41.1 Å². The van der Waals surface area contributed by atoms with Gasteiger partial charge >= 0.3 is 5.97 Å². The maximum atomic E-state index is 12.0. The van der Waals surface area contributed by atoms with E-state index in [-0.39, 0.29) is 43.7 Å². The highest BCUT2D eigenvalue weighted by Gasteiger charge is 2.34. The molecule has 2 aromatic rings. The SMILES string of the molecule is CCCCC[C@H](O)C=CC(CCc1ccccc1)=C(C[C@H](O)CO)[C@H](CCCCCCC(=O)O)NC[C@@](C)(O)[C@H](CCCO)c1ccc(O)cc1. The summed E-state index contributed by atoms with van der Waals surface area (Å²) in [5, 5.41) is 76.1. The summed E-state index contributed by atoms with van der Waals surface area (Å²) in [7, 11) is 0. The number of carboxylic acids is 1. The minimum Gasteiger partial charge on any atom is -0.508 e. The van der Waals surface area contributed by atoms with Crippen molar-refractivity contribution in [2.24, 2.45) is 0 Å². The number of aliphatic hydroxyl groups is 5. The standard InChI is InChI=1S/C42H65NO8/c1-3-4-8-16-35(46)25-22-33(21-20-32-14-9-7-10-15-32)38(29-37(48)30-45)40(18-11-5-6-12-19-41(49)50)43-31-42(2,51)39(17-13-28-44)34-23-26-36(47)27-24-34/h7,9-10,14-15,22-27,35,37,39-40,43-48,51H,3-6,8,11-13,16-21,28-31H2,1-2H3,(H,49,50)/t35-,37-,39+,40-,42+/m0/s1. The first kappa shape index (κ1) is 44.1. The molecule has 2 rings (SSSR count). The highest BCUT2D eigenvalue weighted by molar-refractivity contribution is 5.66. The number of allylic oxidation sites excluding steroid dienone is 2. The maximum absolute atomic E-state index is 12.0. The van der Waals surface area contributed by atoms with E-state index < -0.39 is 30.4 Å². The number of hydrogen-bond acceptors (Lipinski definition) is 8. The summed E-state index contributed by atoms with van der Waals surface area (Å²) in [6, 6.07) is 16.6. The molecular formula is C42H65NO8. The average Bonchev–Trinajstić information content (AvgIpc) is 3.11. The van der Waals surface area contributed by atoms with Gasteiger partial charge in [-0.2, -0.15) is 0 Å². The van der Waals surface area contributed by atoms with Crippen LogP contribution in [0.25, 0.3) is 0 Å². The molecule has 286 valence electrons. The third-order valence-electron chi connectivity index (χ3n) is 9.69. The molecule has 51 heavy (non-hydrogen) atoms. The topological polar surface area (TPSA) is 171 Å². The molecule has 0 heterocycles. The summed E-state index contributed by atoms with van der Waals surface area (Å²) in [5.41, 5.74) is 2.60. The van der Waals surface area contributed by atoms with Crippen molar-refractivity contribution >= 4 is 5.97 Å². The normalized spacial score (nSPS) is 16.0. The molecule has 0 saturated heterocycles. The minimum absolute atomic E-state index is 0.0179. The fourth-order valence-electron chi connectivity index (χ4n) is 6.69. The van der Waals surface area contributed by atoms with E-state index in [2.05, 4.69) is 24.4 Å². The Labute approximate surface area is 305 Å². The molecule has 0 aliphatic heterocycles. The number of phenols is 1. The van der Waals surface area contributed by atoms with Crippen LogP contribution in [0.1, 0.15) is 121 Å². The number of carboxylic acid groups (broad SMARTS) is 1. The summed E-state index contributed by atoms with van der Waals surface area (Å²) >= 11 is 0. The summed E-state index contributed by atoms with van der Waals surface area (Å²) in [6.07, 6.45) is 12.1. The van der Waals surface area contributed by atoms with E-state index in [4.69, 9.17) is 5.11 Å². The van der Waals surface area contributed by atoms with Gasteiger partial charge in [-0.05, 0) is 92.7 Å². The van der Waals surface area contributed by atoms with Gasteiger partial charge in [0.05, 0.1) is 24.4 Å². The van der Waals surface area contributed by atoms with E-state index in [9.17, 15) is 35.4 Å². The Kier molecular flexibility index (Phi) is 21.6. The molecule has 0 unspecified atom stereocenters. The smallest absolute Gasteiger partial charge is 0.303 e. The highest BCUT2D eigenvalue weighted by atomic mass is 16.4. The van der Waals surface area contributed by atoms with Gasteiger partial charge in [-0.15, -0.1) is 0 Å². The Morgan fingerprint density at radius 2 is 1.55 bits per heavy atom. The lowest BCUT2D eigenvalue weighted by atomic mass is 9.79. The number of aryl methyl sites for hydroxylation is 1. The number of phenolic OH excluding ortho intramolecular Hbond substituents is 1.